The van der Waals surface area contributed by atoms with Gasteiger partial charge in [0.15, 0.2) is 0 Å². The topological polar surface area (TPSA) is 69.7 Å². The number of urea groups is 1. The molecule has 1 aliphatic heterocycles. The van der Waals surface area contributed by atoms with Gasteiger partial charge in [0.05, 0.1) is 17.3 Å². The van der Waals surface area contributed by atoms with Crippen LogP contribution in [0.4, 0.5) is 4.79 Å². The Morgan fingerprint density at radius 1 is 1.07 bits per heavy atom. The first kappa shape index (κ1) is 19.5. The quantitative estimate of drug-likeness (QED) is 0.775. The molecule has 154 valence electrons. The largest absolute Gasteiger partial charge is 0.323 e. The first-order chi connectivity index (χ1) is 12.7. The van der Waals surface area contributed by atoms with E-state index in [2.05, 4.69) is 16.5 Å². The summed E-state index contributed by atoms with van der Waals surface area (Å²) in [7, 11) is -1.46. The SMILES string of the molecule is CC1CCC(CN2C(=O)N(C)C3CC(S(=O)(=O)NC4(C)CC4)CCC32)CC1. The molecule has 0 spiro atoms. The molecule has 27 heavy (non-hydrogen) atoms. The van der Waals surface area contributed by atoms with E-state index in [9.17, 15) is 13.2 Å². The molecule has 3 unspecified atom stereocenters. The van der Waals surface area contributed by atoms with Gasteiger partial charge in [-0.3, -0.25) is 0 Å². The zero-order chi connectivity index (χ0) is 19.4. The standard InChI is InChI=1S/C20H35N3O3S/c1-14-4-6-15(7-5-14)13-23-17-9-8-16(12-18(17)22(3)19(23)24)27(25,26)21-20(2)10-11-20/h14-18,21H,4-13H2,1-3H3. The summed E-state index contributed by atoms with van der Waals surface area (Å²) in [5.74, 6) is 1.42. The number of nitrogens with one attached hydrogen (secondary N) is 1. The minimum atomic E-state index is -3.32. The number of carbonyl (C=O) groups is 1. The maximum atomic E-state index is 12.9. The van der Waals surface area contributed by atoms with Crippen molar-refractivity contribution in [1.29, 1.82) is 0 Å². The Kier molecular flexibility index (Phi) is 4.98. The monoisotopic (exact) mass is 397 g/mol. The normalized spacial score (nSPS) is 38.8. The number of fused-ring (bicyclic) bond motifs is 1. The van der Waals surface area contributed by atoms with Crippen molar-refractivity contribution in [2.45, 2.75) is 94.5 Å². The fourth-order valence-corrected chi connectivity index (χ4v) is 7.32. The Labute approximate surface area is 164 Å². The van der Waals surface area contributed by atoms with Crippen LogP contribution in [0.2, 0.25) is 0 Å². The van der Waals surface area contributed by atoms with Gasteiger partial charge in [0.25, 0.3) is 0 Å². The Hall–Kier alpha value is -0.820. The molecule has 3 saturated carbocycles. The summed E-state index contributed by atoms with van der Waals surface area (Å²) < 4.78 is 28.6. The van der Waals surface area contributed by atoms with Gasteiger partial charge in [-0.05, 0) is 63.7 Å². The minimum absolute atomic E-state index is 0.0300. The summed E-state index contributed by atoms with van der Waals surface area (Å²) in [6, 6.07) is 0.316. The molecule has 1 saturated heterocycles. The lowest BCUT2D eigenvalue weighted by Crippen LogP contribution is -2.50. The molecule has 4 fully saturated rings. The summed E-state index contributed by atoms with van der Waals surface area (Å²) in [5, 5.41) is -0.373. The van der Waals surface area contributed by atoms with Crippen LogP contribution in [-0.4, -0.2) is 60.7 Å². The van der Waals surface area contributed by atoms with Crippen LogP contribution in [0.1, 0.15) is 71.6 Å². The van der Waals surface area contributed by atoms with E-state index in [0.29, 0.717) is 18.8 Å². The van der Waals surface area contributed by atoms with E-state index in [1.165, 1.54) is 25.7 Å². The van der Waals surface area contributed by atoms with Gasteiger partial charge < -0.3 is 9.80 Å². The van der Waals surface area contributed by atoms with Crippen LogP contribution in [0.15, 0.2) is 0 Å². The van der Waals surface area contributed by atoms with Crippen molar-refractivity contribution in [2.24, 2.45) is 11.8 Å². The Morgan fingerprint density at radius 3 is 2.37 bits per heavy atom. The summed E-state index contributed by atoms with van der Waals surface area (Å²) in [5.41, 5.74) is -0.225. The van der Waals surface area contributed by atoms with Gasteiger partial charge in [0.2, 0.25) is 10.0 Å². The van der Waals surface area contributed by atoms with E-state index < -0.39 is 10.0 Å². The molecule has 3 aliphatic carbocycles. The van der Waals surface area contributed by atoms with Gasteiger partial charge in [-0.1, -0.05) is 19.8 Å². The van der Waals surface area contributed by atoms with E-state index in [-0.39, 0.29) is 28.9 Å². The molecule has 6 nitrogen and oxygen atoms in total. The number of rotatable bonds is 5. The highest BCUT2D eigenvalue weighted by Crippen LogP contribution is 2.40. The molecule has 1 N–H and O–H groups in total. The molecule has 0 aromatic carbocycles. The molecule has 4 aliphatic rings. The van der Waals surface area contributed by atoms with Crippen molar-refractivity contribution in [3.8, 4) is 0 Å². The van der Waals surface area contributed by atoms with Crippen molar-refractivity contribution < 1.29 is 13.2 Å². The van der Waals surface area contributed by atoms with Crippen LogP contribution in [-0.2, 0) is 10.0 Å². The van der Waals surface area contributed by atoms with Crippen LogP contribution in [0.25, 0.3) is 0 Å². The van der Waals surface area contributed by atoms with Crippen molar-refractivity contribution in [1.82, 2.24) is 14.5 Å². The second-order valence-corrected chi connectivity index (χ2v) is 11.9. The maximum absolute atomic E-state index is 12.9. The Bertz CT molecular complexity index is 683. The summed E-state index contributed by atoms with van der Waals surface area (Å²) in [6.07, 6.45) is 8.84. The van der Waals surface area contributed by atoms with Crippen LogP contribution in [0, 0.1) is 11.8 Å². The fourth-order valence-electron chi connectivity index (χ4n) is 5.36. The van der Waals surface area contributed by atoms with E-state index >= 15 is 0 Å². The molecule has 3 atom stereocenters. The lowest BCUT2D eigenvalue weighted by atomic mass is 9.82. The molecule has 1 heterocycles. The number of amides is 2. The maximum Gasteiger partial charge on any atom is 0.320 e. The van der Waals surface area contributed by atoms with Crippen LogP contribution in [0.5, 0.6) is 0 Å². The third-order valence-electron chi connectivity index (χ3n) is 7.60. The highest BCUT2D eigenvalue weighted by Gasteiger charge is 2.51. The molecule has 0 aromatic rings. The number of hydrogen-bond acceptors (Lipinski definition) is 3. The predicted molar refractivity (Wildman–Crippen MR) is 106 cm³/mol. The summed E-state index contributed by atoms with van der Waals surface area (Å²) >= 11 is 0. The lowest BCUT2D eigenvalue weighted by Gasteiger charge is -2.37. The van der Waals surface area contributed by atoms with Crippen molar-refractivity contribution >= 4 is 16.1 Å². The first-order valence-corrected chi connectivity index (χ1v) is 12.3. The van der Waals surface area contributed by atoms with Gasteiger partial charge in [-0.2, -0.15) is 0 Å². The zero-order valence-corrected chi connectivity index (χ0v) is 17.8. The molecule has 4 rings (SSSR count). The van der Waals surface area contributed by atoms with Crippen molar-refractivity contribution in [3.63, 3.8) is 0 Å². The van der Waals surface area contributed by atoms with Gasteiger partial charge in [0, 0.05) is 19.1 Å². The number of nitrogens with zero attached hydrogens (tertiary/aromatic N) is 2. The van der Waals surface area contributed by atoms with Crippen LogP contribution >= 0.6 is 0 Å². The minimum Gasteiger partial charge on any atom is -0.323 e. The predicted octanol–water partition coefficient (Wildman–Crippen LogP) is 2.94. The zero-order valence-electron chi connectivity index (χ0n) is 17.0. The average Bonchev–Trinajstić information content (AvgIpc) is 3.29. The van der Waals surface area contributed by atoms with E-state index in [0.717, 1.165) is 31.7 Å². The molecular formula is C20H35N3O3S. The first-order valence-electron chi connectivity index (χ1n) is 10.7. The average molecular weight is 398 g/mol. The van der Waals surface area contributed by atoms with Gasteiger partial charge in [0.1, 0.15) is 0 Å². The van der Waals surface area contributed by atoms with Gasteiger partial charge >= 0.3 is 6.03 Å². The molecule has 7 heteroatoms. The van der Waals surface area contributed by atoms with E-state index in [1.54, 1.807) is 0 Å². The van der Waals surface area contributed by atoms with Gasteiger partial charge in [-0.25, -0.2) is 17.9 Å². The van der Waals surface area contributed by atoms with Crippen molar-refractivity contribution in [3.05, 3.63) is 0 Å². The fraction of sp³-hybridized carbons (Fsp3) is 0.950. The molecular weight excluding hydrogens is 362 g/mol. The molecule has 0 aromatic heterocycles. The number of sulfonamides is 1. The number of likely N-dealkylation sites (N-methyl/N-ethyl adjacent to an activating group) is 1. The summed E-state index contributed by atoms with van der Waals surface area (Å²) in [6.45, 7) is 5.15. The van der Waals surface area contributed by atoms with Crippen LogP contribution in [0.3, 0.4) is 0 Å². The molecule has 0 bridgehead atoms. The highest BCUT2D eigenvalue weighted by atomic mass is 32.2. The smallest absolute Gasteiger partial charge is 0.320 e. The van der Waals surface area contributed by atoms with Gasteiger partial charge in [-0.15, -0.1) is 0 Å². The highest BCUT2D eigenvalue weighted by molar-refractivity contribution is 7.90. The number of carbonyl (C=O) groups excluding carboxylic acids is 1. The van der Waals surface area contributed by atoms with Crippen molar-refractivity contribution in [2.75, 3.05) is 13.6 Å². The number of hydrogen-bond donors (Lipinski definition) is 1. The second-order valence-electron chi connectivity index (χ2n) is 9.95. The van der Waals surface area contributed by atoms with E-state index in [4.69, 9.17) is 0 Å². The molecule has 0 radical (unpaired) electrons. The lowest BCUT2D eigenvalue weighted by molar-refractivity contribution is 0.157. The third-order valence-corrected chi connectivity index (χ3v) is 9.68. The summed E-state index contributed by atoms with van der Waals surface area (Å²) in [4.78, 5) is 16.8. The second kappa shape index (κ2) is 6.90. The van der Waals surface area contributed by atoms with Crippen LogP contribution < -0.4 is 4.72 Å². The molecule has 2 amide bonds. The third kappa shape index (κ3) is 3.86. The van der Waals surface area contributed by atoms with E-state index in [1.807, 2.05) is 18.9 Å². The Balaban J connectivity index is 1.41. The Morgan fingerprint density at radius 2 is 1.74 bits per heavy atom.